The summed E-state index contributed by atoms with van der Waals surface area (Å²) in [6.07, 6.45) is 1.57. The zero-order valence-electron chi connectivity index (χ0n) is 16.0. The highest BCUT2D eigenvalue weighted by atomic mass is 19.1. The van der Waals surface area contributed by atoms with Crippen LogP contribution < -0.4 is 20.1 Å². The second-order valence-electron chi connectivity index (χ2n) is 6.19. The fourth-order valence-electron chi connectivity index (χ4n) is 2.58. The number of amides is 1. The second kappa shape index (κ2) is 10.1. The average molecular weight is 395 g/mol. The maximum atomic E-state index is 12.9. The van der Waals surface area contributed by atoms with Gasteiger partial charge in [0.15, 0.2) is 0 Å². The topological polar surface area (TPSA) is 72.5 Å². The van der Waals surface area contributed by atoms with Gasteiger partial charge in [-0.1, -0.05) is 12.1 Å². The van der Waals surface area contributed by atoms with Gasteiger partial charge in [0.2, 0.25) is 0 Å². The summed E-state index contributed by atoms with van der Waals surface area (Å²) >= 11 is 0. The molecule has 29 heavy (non-hydrogen) atoms. The van der Waals surface area contributed by atoms with Crippen molar-refractivity contribution < 1.29 is 18.7 Å². The van der Waals surface area contributed by atoms with E-state index in [1.807, 2.05) is 24.3 Å². The molecule has 1 heterocycles. The molecule has 0 aliphatic heterocycles. The van der Waals surface area contributed by atoms with Crippen LogP contribution in [0, 0.1) is 5.82 Å². The van der Waals surface area contributed by atoms with Crippen molar-refractivity contribution >= 4 is 11.6 Å². The first-order chi connectivity index (χ1) is 14.1. The Kier molecular flexibility index (Phi) is 7.00. The molecule has 7 heteroatoms. The van der Waals surface area contributed by atoms with Gasteiger partial charge < -0.3 is 20.1 Å². The molecule has 0 bridgehead atoms. The number of carbonyl (C=O) groups excluding carboxylic acids is 1. The van der Waals surface area contributed by atoms with Crippen LogP contribution in [0.25, 0.3) is 0 Å². The highest BCUT2D eigenvalue weighted by Gasteiger charge is 2.08. The third-order valence-corrected chi connectivity index (χ3v) is 4.12. The Morgan fingerprint density at radius 3 is 2.48 bits per heavy atom. The molecular weight excluding hydrogens is 373 g/mol. The fraction of sp³-hybridized carbons (Fsp3) is 0.182. The van der Waals surface area contributed by atoms with E-state index in [1.54, 1.807) is 37.6 Å². The first-order valence-corrected chi connectivity index (χ1v) is 9.13. The van der Waals surface area contributed by atoms with Crippen LogP contribution in [0.2, 0.25) is 0 Å². The maximum absolute atomic E-state index is 12.9. The number of anilines is 1. The molecule has 0 aliphatic carbocycles. The fourth-order valence-corrected chi connectivity index (χ4v) is 2.58. The summed E-state index contributed by atoms with van der Waals surface area (Å²) in [4.78, 5) is 16.4. The van der Waals surface area contributed by atoms with Gasteiger partial charge in [0.1, 0.15) is 29.6 Å². The molecule has 0 fully saturated rings. The van der Waals surface area contributed by atoms with E-state index in [9.17, 15) is 9.18 Å². The number of hydrogen-bond acceptors (Lipinski definition) is 5. The van der Waals surface area contributed by atoms with Crippen LogP contribution in [-0.2, 0) is 6.54 Å². The number of rotatable bonds is 9. The van der Waals surface area contributed by atoms with Crippen molar-refractivity contribution in [3.63, 3.8) is 0 Å². The van der Waals surface area contributed by atoms with Gasteiger partial charge in [0, 0.05) is 25.0 Å². The van der Waals surface area contributed by atoms with E-state index in [0.29, 0.717) is 25.4 Å². The second-order valence-corrected chi connectivity index (χ2v) is 6.19. The van der Waals surface area contributed by atoms with E-state index in [4.69, 9.17) is 9.47 Å². The molecule has 0 unspecified atom stereocenters. The van der Waals surface area contributed by atoms with Gasteiger partial charge in [-0.25, -0.2) is 4.39 Å². The Hall–Kier alpha value is -3.61. The Morgan fingerprint density at radius 1 is 1.03 bits per heavy atom. The minimum Gasteiger partial charge on any atom is -0.497 e. The molecule has 1 aromatic heterocycles. The number of halogens is 1. The number of nitrogens with zero attached hydrogens (tertiary/aromatic N) is 1. The Bertz CT molecular complexity index is 931. The molecule has 6 nitrogen and oxygen atoms in total. The first kappa shape index (κ1) is 20.1. The van der Waals surface area contributed by atoms with E-state index in [-0.39, 0.29) is 11.7 Å². The number of aromatic nitrogens is 1. The number of ether oxygens (including phenoxy) is 2. The lowest BCUT2D eigenvalue weighted by molar-refractivity contribution is 0.0946. The number of hydrogen-bond donors (Lipinski definition) is 2. The van der Waals surface area contributed by atoms with E-state index in [2.05, 4.69) is 15.6 Å². The van der Waals surface area contributed by atoms with Crippen molar-refractivity contribution in [3.05, 3.63) is 83.9 Å². The van der Waals surface area contributed by atoms with Crippen LogP contribution in [0.4, 0.5) is 10.1 Å². The molecule has 0 saturated heterocycles. The standard InChI is InChI=1S/C22H22FN3O3/c1-28-19-6-8-20(9-7-19)29-13-12-24-18-10-11-25-21(14-18)22(27)26-15-16-2-4-17(23)5-3-16/h2-11,14H,12-13,15H2,1H3,(H,24,25)(H,26,27). The minimum absolute atomic E-state index is 0.299. The molecule has 1 amide bonds. The van der Waals surface area contributed by atoms with Crippen LogP contribution in [0.1, 0.15) is 16.1 Å². The normalized spacial score (nSPS) is 10.3. The molecule has 0 saturated carbocycles. The molecule has 2 N–H and O–H groups in total. The molecule has 150 valence electrons. The van der Waals surface area contributed by atoms with Crippen LogP contribution in [-0.4, -0.2) is 31.2 Å². The summed E-state index contributed by atoms with van der Waals surface area (Å²) in [5.74, 6) is 0.921. The molecule has 2 aromatic carbocycles. The van der Waals surface area contributed by atoms with Crippen molar-refractivity contribution in [3.8, 4) is 11.5 Å². The largest absolute Gasteiger partial charge is 0.497 e. The summed E-state index contributed by atoms with van der Waals surface area (Å²) in [6, 6.07) is 16.8. The van der Waals surface area contributed by atoms with Gasteiger partial charge in [-0.05, 0) is 54.1 Å². The lowest BCUT2D eigenvalue weighted by Gasteiger charge is -2.10. The van der Waals surface area contributed by atoms with Gasteiger partial charge in [-0.3, -0.25) is 9.78 Å². The molecule has 0 radical (unpaired) electrons. The van der Waals surface area contributed by atoms with E-state index in [1.165, 1.54) is 12.1 Å². The number of benzene rings is 2. The monoisotopic (exact) mass is 395 g/mol. The SMILES string of the molecule is COc1ccc(OCCNc2ccnc(C(=O)NCc3ccc(F)cc3)c2)cc1. The van der Waals surface area contributed by atoms with Crippen LogP contribution in [0.5, 0.6) is 11.5 Å². The smallest absolute Gasteiger partial charge is 0.270 e. The van der Waals surface area contributed by atoms with Crippen LogP contribution in [0.15, 0.2) is 66.9 Å². The van der Waals surface area contributed by atoms with Gasteiger partial charge in [0.25, 0.3) is 5.91 Å². The number of nitrogens with one attached hydrogen (secondary N) is 2. The number of carbonyl (C=O) groups is 1. The lowest BCUT2D eigenvalue weighted by atomic mass is 10.2. The van der Waals surface area contributed by atoms with E-state index < -0.39 is 0 Å². The molecule has 0 aliphatic rings. The van der Waals surface area contributed by atoms with E-state index >= 15 is 0 Å². The Labute approximate surface area is 168 Å². The predicted octanol–water partition coefficient (Wildman–Crippen LogP) is 3.65. The van der Waals surface area contributed by atoms with Crippen molar-refractivity contribution in [2.45, 2.75) is 6.54 Å². The van der Waals surface area contributed by atoms with Gasteiger partial charge in [-0.2, -0.15) is 0 Å². The number of pyridine rings is 1. The summed E-state index contributed by atoms with van der Waals surface area (Å²) in [5, 5.41) is 5.97. The highest BCUT2D eigenvalue weighted by molar-refractivity contribution is 5.93. The highest BCUT2D eigenvalue weighted by Crippen LogP contribution is 2.17. The molecule has 0 spiro atoms. The third-order valence-electron chi connectivity index (χ3n) is 4.12. The van der Waals surface area contributed by atoms with Crippen molar-refractivity contribution in [1.29, 1.82) is 0 Å². The molecular formula is C22H22FN3O3. The molecule has 3 rings (SSSR count). The van der Waals surface area contributed by atoms with Crippen LogP contribution in [0.3, 0.4) is 0 Å². The zero-order valence-corrected chi connectivity index (χ0v) is 16.0. The van der Waals surface area contributed by atoms with E-state index in [0.717, 1.165) is 22.7 Å². The van der Waals surface area contributed by atoms with Gasteiger partial charge in [-0.15, -0.1) is 0 Å². The number of methoxy groups -OCH3 is 1. The molecule has 3 aromatic rings. The lowest BCUT2D eigenvalue weighted by Crippen LogP contribution is -2.24. The zero-order chi connectivity index (χ0) is 20.5. The van der Waals surface area contributed by atoms with Gasteiger partial charge >= 0.3 is 0 Å². The maximum Gasteiger partial charge on any atom is 0.270 e. The predicted molar refractivity (Wildman–Crippen MR) is 109 cm³/mol. The summed E-state index contributed by atoms with van der Waals surface area (Å²) in [5.41, 5.74) is 1.88. The first-order valence-electron chi connectivity index (χ1n) is 9.13. The summed E-state index contributed by atoms with van der Waals surface area (Å²) in [7, 11) is 1.62. The Balaban J connectivity index is 1.45. The summed E-state index contributed by atoms with van der Waals surface area (Å²) < 4.78 is 23.7. The molecule has 0 atom stereocenters. The third kappa shape index (κ3) is 6.21. The quantitative estimate of drug-likeness (QED) is 0.541. The van der Waals surface area contributed by atoms with Crippen LogP contribution >= 0.6 is 0 Å². The van der Waals surface area contributed by atoms with Crippen molar-refractivity contribution in [1.82, 2.24) is 10.3 Å². The van der Waals surface area contributed by atoms with Crippen molar-refractivity contribution in [2.24, 2.45) is 0 Å². The van der Waals surface area contributed by atoms with Gasteiger partial charge in [0.05, 0.1) is 7.11 Å². The summed E-state index contributed by atoms with van der Waals surface area (Å²) in [6.45, 7) is 1.32. The van der Waals surface area contributed by atoms with Crippen molar-refractivity contribution in [2.75, 3.05) is 25.6 Å². The average Bonchev–Trinajstić information content (AvgIpc) is 2.77. The Morgan fingerprint density at radius 2 is 1.76 bits per heavy atom. The minimum atomic E-state index is -0.309.